The maximum absolute atomic E-state index is 13.1. The number of methoxy groups -OCH3 is 1. The minimum atomic E-state index is -0.218. The molecule has 108 valence electrons. The fourth-order valence-corrected chi connectivity index (χ4v) is 2.70. The Morgan fingerprint density at radius 3 is 2.81 bits per heavy atom. The third kappa shape index (κ3) is 4.52. The molecule has 2 rings (SSSR count). The highest BCUT2D eigenvalue weighted by Crippen LogP contribution is 2.26. The van der Waals surface area contributed by atoms with E-state index in [1.54, 1.807) is 24.9 Å². The molecule has 21 heavy (non-hydrogen) atoms. The van der Waals surface area contributed by atoms with E-state index in [0.29, 0.717) is 6.54 Å². The first-order valence-electron chi connectivity index (χ1n) is 6.47. The van der Waals surface area contributed by atoms with Gasteiger partial charge in [0.25, 0.3) is 0 Å². The van der Waals surface area contributed by atoms with Crippen LogP contribution in [0.3, 0.4) is 0 Å². The van der Waals surface area contributed by atoms with Crippen molar-refractivity contribution in [2.45, 2.75) is 10.6 Å². The summed E-state index contributed by atoms with van der Waals surface area (Å²) in [6.07, 6.45) is 0. The molecule has 0 aliphatic carbocycles. The second-order valence-electron chi connectivity index (χ2n) is 4.29. The van der Waals surface area contributed by atoms with Gasteiger partial charge in [-0.15, -0.1) is 11.8 Å². The highest BCUT2D eigenvalue weighted by molar-refractivity contribution is 7.98. The average Bonchev–Trinajstić information content (AvgIpc) is 2.51. The number of hydrogen-bond acceptors (Lipinski definition) is 3. The number of thioether (sulfide) groups is 1. The predicted molar refractivity (Wildman–Crippen MR) is 84.9 cm³/mol. The summed E-state index contributed by atoms with van der Waals surface area (Å²) in [5, 5.41) is 0. The molecular weight excluding hydrogens is 285 g/mol. The van der Waals surface area contributed by atoms with Crippen LogP contribution in [0.25, 0.3) is 0 Å². The molecule has 4 heteroatoms. The first-order chi connectivity index (χ1) is 10.2. The lowest BCUT2D eigenvalue weighted by Gasteiger charge is -2.07. The maximum atomic E-state index is 13.1. The fraction of sp³-hybridized carbons (Fsp3) is 0.176. The fourth-order valence-electron chi connectivity index (χ4n) is 1.81. The van der Waals surface area contributed by atoms with Gasteiger partial charge in [-0.2, -0.15) is 0 Å². The average molecular weight is 301 g/mol. The lowest BCUT2D eigenvalue weighted by atomic mass is 10.1. The van der Waals surface area contributed by atoms with Crippen molar-refractivity contribution in [3.8, 4) is 17.6 Å². The summed E-state index contributed by atoms with van der Waals surface area (Å²) in [5.41, 5.74) is 7.32. The van der Waals surface area contributed by atoms with Crippen molar-refractivity contribution in [2.24, 2.45) is 5.73 Å². The SMILES string of the molecule is COc1ccc(CSc2cccc(F)c2)cc1C#CCN. The van der Waals surface area contributed by atoms with Crippen molar-refractivity contribution in [2.75, 3.05) is 13.7 Å². The van der Waals surface area contributed by atoms with Crippen LogP contribution in [0.5, 0.6) is 5.75 Å². The summed E-state index contributed by atoms with van der Waals surface area (Å²) in [6, 6.07) is 12.4. The Morgan fingerprint density at radius 2 is 2.10 bits per heavy atom. The molecule has 0 heterocycles. The Hall–Kier alpha value is -1.96. The van der Waals surface area contributed by atoms with E-state index in [9.17, 15) is 4.39 Å². The van der Waals surface area contributed by atoms with E-state index in [4.69, 9.17) is 10.5 Å². The predicted octanol–water partition coefficient (Wildman–Crippen LogP) is 3.44. The van der Waals surface area contributed by atoms with Gasteiger partial charge in [0.05, 0.1) is 19.2 Å². The first-order valence-corrected chi connectivity index (χ1v) is 7.45. The maximum Gasteiger partial charge on any atom is 0.134 e. The number of rotatable bonds is 4. The Balaban J connectivity index is 2.13. The van der Waals surface area contributed by atoms with Crippen LogP contribution in [0, 0.1) is 17.7 Å². The Morgan fingerprint density at radius 1 is 1.24 bits per heavy atom. The topological polar surface area (TPSA) is 35.2 Å². The summed E-state index contributed by atoms with van der Waals surface area (Å²) < 4.78 is 18.4. The number of nitrogens with two attached hydrogens (primary N) is 1. The zero-order chi connectivity index (χ0) is 15.1. The second kappa shape index (κ2) is 7.72. The summed E-state index contributed by atoms with van der Waals surface area (Å²) in [6.45, 7) is 0.311. The van der Waals surface area contributed by atoms with Gasteiger partial charge in [-0.3, -0.25) is 0 Å². The van der Waals surface area contributed by atoms with Crippen LogP contribution in [-0.2, 0) is 5.75 Å². The van der Waals surface area contributed by atoms with E-state index in [2.05, 4.69) is 11.8 Å². The normalized spacial score (nSPS) is 9.86. The molecule has 0 aliphatic heterocycles. The minimum absolute atomic E-state index is 0.218. The Labute approximate surface area is 128 Å². The quantitative estimate of drug-likeness (QED) is 0.694. The van der Waals surface area contributed by atoms with E-state index < -0.39 is 0 Å². The molecule has 2 aromatic rings. The van der Waals surface area contributed by atoms with Crippen LogP contribution in [0.4, 0.5) is 4.39 Å². The molecule has 0 bridgehead atoms. The van der Waals surface area contributed by atoms with Crippen molar-refractivity contribution in [1.82, 2.24) is 0 Å². The molecule has 2 aromatic carbocycles. The van der Waals surface area contributed by atoms with Gasteiger partial charge in [-0.05, 0) is 35.9 Å². The lowest BCUT2D eigenvalue weighted by molar-refractivity contribution is 0.413. The lowest BCUT2D eigenvalue weighted by Crippen LogP contribution is -1.94. The molecular formula is C17H16FNOS. The van der Waals surface area contributed by atoms with Crippen LogP contribution in [-0.4, -0.2) is 13.7 Å². The van der Waals surface area contributed by atoms with Crippen LogP contribution in [0.2, 0.25) is 0 Å². The number of halogens is 1. The molecule has 2 nitrogen and oxygen atoms in total. The van der Waals surface area contributed by atoms with Gasteiger partial charge in [0.15, 0.2) is 0 Å². The van der Waals surface area contributed by atoms with E-state index in [0.717, 1.165) is 27.5 Å². The minimum Gasteiger partial charge on any atom is -0.495 e. The van der Waals surface area contributed by atoms with Gasteiger partial charge in [-0.1, -0.05) is 24.0 Å². The summed E-state index contributed by atoms with van der Waals surface area (Å²) >= 11 is 1.58. The molecule has 0 saturated heterocycles. The molecule has 2 N–H and O–H groups in total. The third-order valence-corrected chi connectivity index (χ3v) is 3.86. The van der Waals surface area contributed by atoms with Gasteiger partial charge in [0.2, 0.25) is 0 Å². The van der Waals surface area contributed by atoms with Crippen LogP contribution in [0.15, 0.2) is 47.4 Å². The van der Waals surface area contributed by atoms with E-state index >= 15 is 0 Å². The molecule has 0 atom stereocenters. The van der Waals surface area contributed by atoms with Gasteiger partial charge >= 0.3 is 0 Å². The highest BCUT2D eigenvalue weighted by Gasteiger charge is 2.03. The molecule has 0 amide bonds. The molecule has 0 unspecified atom stereocenters. The van der Waals surface area contributed by atoms with Crippen molar-refractivity contribution >= 4 is 11.8 Å². The first kappa shape index (κ1) is 15.4. The monoisotopic (exact) mass is 301 g/mol. The van der Waals surface area contributed by atoms with Gasteiger partial charge in [-0.25, -0.2) is 4.39 Å². The van der Waals surface area contributed by atoms with Gasteiger partial charge in [0.1, 0.15) is 11.6 Å². The Bertz CT molecular complexity index is 676. The van der Waals surface area contributed by atoms with Gasteiger partial charge in [0, 0.05) is 10.6 Å². The van der Waals surface area contributed by atoms with Crippen LogP contribution < -0.4 is 10.5 Å². The standard InChI is InChI=1S/C17H16FNOS/c1-20-17-8-7-13(10-14(17)4-3-9-19)12-21-16-6-2-5-15(18)11-16/h2,5-8,10-11H,9,12,19H2,1H3. The summed E-state index contributed by atoms with van der Waals surface area (Å²) in [7, 11) is 1.62. The molecule has 0 aromatic heterocycles. The summed E-state index contributed by atoms with van der Waals surface area (Å²) in [4.78, 5) is 0.903. The zero-order valence-electron chi connectivity index (χ0n) is 11.7. The molecule has 0 fully saturated rings. The van der Waals surface area contributed by atoms with Crippen molar-refractivity contribution < 1.29 is 9.13 Å². The molecule has 0 spiro atoms. The van der Waals surface area contributed by atoms with Crippen molar-refractivity contribution in [3.63, 3.8) is 0 Å². The number of ether oxygens (including phenoxy) is 1. The van der Waals surface area contributed by atoms with E-state index in [1.165, 1.54) is 12.1 Å². The second-order valence-corrected chi connectivity index (χ2v) is 5.34. The third-order valence-electron chi connectivity index (χ3n) is 2.79. The largest absolute Gasteiger partial charge is 0.495 e. The number of benzene rings is 2. The molecule has 0 radical (unpaired) electrons. The molecule has 0 aliphatic rings. The van der Waals surface area contributed by atoms with Gasteiger partial charge < -0.3 is 10.5 Å². The van der Waals surface area contributed by atoms with Crippen LogP contribution >= 0.6 is 11.8 Å². The van der Waals surface area contributed by atoms with Crippen molar-refractivity contribution in [3.05, 3.63) is 59.4 Å². The van der Waals surface area contributed by atoms with E-state index in [1.807, 2.05) is 24.3 Å². The Kier molecular flexibility index (Phi) is 5.68. The van der Waals surface area contributed by atoms with Crippen LogP contribution in [0.1, 0.15) is 11.1 Å². The summed E-state index contributed by atoms with van der Waals surface area (Å²) in [5.74, 6) is 7.09. The number of hydrogen-bond donors (Lipinski definition) is 1. The highest BCUT2D eigenvalue weighted by atomic mass is 32.2. The smallest absolute Gasteiger partial charge is 0.134 e. The van der Waals surface area contributed by atoms with E-state index in [-0.39, 0.29) is 5.82 Å². The van der Waals surface area contributed by atoms with Crippen molar-refractivity contribution in [1.29, 1.82) is 0 Å². The zero-order valence-corrected chi connectivity index (χ0v) is 12.5. The molecule has 0 saturated carbocycles.